The highest BCUT2D eigenvalue weighted by atomic mass is 32.1. The number of nitrogens with one attached hydrogen (secondary N) is 2. The molecule has 0 unspecified atom stereocenters. The van der Waals surface area contributed by atoms with Crippen molar-refractivity contribution in [1.29, 1.82) is 0 Å². The quantitative estimate of drug-likeness (QED) is 0.836. The van der Waals surface area contributed by atoms with E-state index in [9.17, 15) is 4.79 Å². The second kappa shape index (κ2) is 5.42. The van der Waals surface area contributed by atoms with E-state index in [-0.39, 0.29) is 5.56 Å². The molecule has 0 saturated heterocycles. The van der Waals surface area contributed by atoms with Crippen molar-refractivity contribution in [2.45, 2.75) is 26.2 Å². The molecule has 0 fully saturated rings. The third-order valence-corrected chi connectivity index (χ3v) is 3.64. The van der Waals surface area contributed by atoms with Crippen molar-refractivity contribution in [3.05, 3.63) is 48.8 Å². The van der Waals surface area contributed by atoms with Crippen LogP contribution in [-0.4, -0.2) is 9.97 Å². The van der Waals surface area contributed by atoms with Crippen molar-refractivity contribution in [1.82, 2.24) is 9.97 Å². The van der Waals surface area contributed by atoms with Gasteiger partial charge in [-0.3, -0.25) is 9.78 Å². The first-order valence-corrected chi connectivity index (χ1v) is 6.86. The number of hydrogen-bond acceptors (Lipinski definition) is 3. The Balaban J connectivity index is 2.44. The lowest BCUT2D eigenvalue weighted by atomic mass is 10.1. The van der Waals surface area contributed by atoms with E-state index >= 15 is 0 Å². The topological polar surface area (TPSA) is 48.6 Å². The van der Waals surface area contributed by atoms with E-state index < -0.39 is 0 Å². The number of aromatic nitrogens is 2. The van der Waals surface area contributed by atoms with Gasteiger partial charge in [0.25, 0.3) is 5.56 Å². The summed E-state index contributed by atoms with van der Waals surface area (Å²) < 4.78 is 0.411. The summed E-state index contributed by atoms with van der Waals surface area (Å²) in [6.45, 7) is 2.09. The van der Waals surface area contributed by atoms with Crippen LogP contribution in [0, 0.1) is 4.77 Å². The van der Waals surface area contributed by atoms with Crippen LogP contribution in [0.2, 0.25) is 0 Å². The van der Waals surface area contributed by atoms with E-state index in [4.69, 9.17) is 12.2 Å². The Kier molecular flexibility index (Phi) is 3.91. The number of hydrogen-bond donors (Lipinski definition) is 2. The van der Waals surface area contributed by atoms with Crippen molar-refractivity contribution in [3.63, 3.8) is 0 Å². The first-order valence-electron chi connectivity index (χ1n) is 5.57. The first kappa shape index (κ1) is 12.3. The summed E-state index contributed by atoms with van der Waals surface area (Å²) in [5.41, 5.74) is 1.71. The summed E-state index contributed by atoms with van der Waals surface area (Å²) in [5, 5.41) is 2.02. The van der Waals surface area contributed by atoms with Crippen LogP contribution < -0.4 is 5.56 Å². The third-order valence-electron chi connectivity index (χ3n) is 2.56. The van der Waals surface area contributed by atoms with Crippen LogP contribution in [0.1, 0.15) is 29.5 Å². The van der Waals surface area contributed by atoms with Gasteiger partial charge in [0.15, 0.2) is 4.77 Å². The van der Waals surface area contributed by atoms with E-state index in [1.165, 1.54) is 4.88 Å². The molecule has 0 spiro atoms. The van der Waals surface area contributed by atoms with E-state index in [0.717, 1.165) is 24.1 Å². The standard InChI is InChI=1S/C12H14N2OS2/c1-2-4-10-9(7-8-5-3-6-17-8)11(15)14-12(16)13-10/h3,5-6H,2,4,7H2,1H3,(H2,13,14,15,16). The maximum atomic E-state index is 11.9. The number of thiophene rings is 1. The van der Waals surface area contributed by atoms with Crippen molar-refractivity contribution < 1.29 is 0 Å². The lowest BCUT2D eigenvalue weighted by molar-refractivity contribution is 0.834. The van der Waals surface area contributed by atoms with Gasteiger partial charge in [-0.1, -0.05) is 19.4 Å². The summed E-state index contributed by atoms with van der Waals surface area (Å²) in [5.74, 6) is 0. The van der Waals surface area contributed by atoms with Gasteiger partial charge in [-0.2, -0.15) is 0 Å². The van der Waals surface area contributed by atoms with Crippen LogP contribution in [-0.2, 0) is 12.8 Å². The predicted octanol–water partition coefficient (Wildman–Crippen LogP) is 3.04. The molecule has 3 nitrogen and oxygen atoms in total. The monoisotopic (exact) mass is 266 g/mol. The van der Waals surface area contributed by atoms with Crippen LogP contribution >= 0.6 is 23.6 Å². The minimum atomic E-state index is -0.0643. The second-order valence-electron chi connectivity index (χ2n) is 3.87. The number of H-pyrrole nitrogens is 2. The zero-order valence-corrected chi connectivity index (χ0v) is 11.2. The fourth-order valence-corrected chi connectivity index (χ4v) is 2.73. The molecule has 90 valence electrons. The van der Waals surface area contributed by atoms with Crippen LogP contribution in [0.4, 0.5) is 0 Å². The Morgan fingerprint density at radius 1 is 1.41 bits per heavy atom. The van der Waals surface area contributed by atoms with Gasteiger partial charge >= 0.3 is 0 Å². The molecule has 5 heteroatoms. The minimum absolute atomic E-state index is 0.0643. The van der Waals surface area contributed by atoms with E-state index in [1.54, 1.807) is 11.3 Å². The molecule has 17 heavy (non-hydrogen) atoms. The molecule has 0 aliphatic carbocycles. The molecule has 2 heterocycles. The van der Waals surface area contributed by atoms with Gasteiger partial charge in [-0.25, -0.2) is 0 Å². The normalized spacial score (nSPS) is 10.6. The Morgan fingerprint density at radius 2 is 2.24 bits per heavy atom. The van der Waals surface area contributed by atoms with E-state index in [2.05, 4.69) is 16.9 Å². The fourth-order valence-electron chi connectivity index (χ4n) is 1.80. The third kappa shape index (κ3) is 2.92. The molecule has 0 radical (unpaired) electrons. The van der Waals surface area contributed by atoms with Crippen molar-refractivity contribution in [3.8, 4) is 0 Å². The summed E-state index contributed by atoms with van der Waals surface area (Å²) in [7, 11) is 0. The highest BCUT2D eigenvalue weighted by Gasteiger charge is 2.09. The number of rotatable bonds is 4. The van der Waals surface area contributed by atoms with Gasteiger partial charge < -0.3 is 4.98 Å². The highest BCUT2D eigenvalue weighted by molar-refractivity contribution is 7.71. The number of aryl methyl sites for hydroxylation is 1. The van der Waals surface area contributed by atoms with E-state index in [1.807, 2.05) is 17.5 Å². The first-order chi connectivity index (χ1) is 8.20. The van der Waals surface area contributed by atoms with Gasteiger partial charge in [-0.05, 0) is 30.1 Å². The van der Waals surface area contributed by atoms with Gasteiger partial charge in [0.1, 0.15) is 0 Å². The molecule has 2 N–H and O–H groups in total. The Morgan fingerprint density at radius 3 is 2.88 bits per heavy atom. The Hall–Kier alpha value is -1.20. The zero-order valence-electron chi connectivity index (χ0n) is 9.58. The van der Waals surface area contributed by atoms with Gasteiger partial charge in [-0.15, -0.1) is 11.3 Å². The summed E-state index contributed by atoms with van der Waals surface area (Å²) in [6.07, 6.45) is 2.52. The molecule has 0 saturated carbocycles. The molecular formula is C12H14N2OS2. The van der Waals surface area contributed by atoms with Gasteiger partial charge in [0, 0.05) is 22.6 Å². The largest absolute Gasteiger partial charge is 0.336 e. The number of aromatic amines is 2. The SMILES string of the molecule is CCCc1[nH]c(=S)[nH]c(=O)c1Cc1cccs1. The molecular weight excluding hydrogens is 252 g/mol. The molecule has 2 aromatic heterocycles. The molecule has 0 amide bonds. The lowest BCUT2D eigenvalue weighted by Crippen LogP contribution is -2.18. The average Bonchev–Trinajstić information content (AvgIpc) is 2.76. The minimum Gasteiger partial charge on any atom is -0.336 e. The van der Waals surface area contributed by atoms with Crippen LogP contribution in [0.15, 0.2) is 22.3 Å². The fraction of sp³-hybridized carbons (Fsp3) is 0.333. The summed E-state index contributed by atoms with van der Waals surface area (Å²) in [4.78, 5) is 18.9. The van der Waals surface area contributed by atoms with Crippen LogP contribution in [0.25, 0.3) is 0 Å². The predicted molar refractivity (Wildman–Crippen MR) is 73.4 cm³/mol. The molecule has 0 aromatic carbocycles. The second-order valence-corrected chi connectivity index (χ2v) is 5.31. The molecule has 2 aromatic rings. The molecule has 2 rings (SSSR count). The lowest BCUT2D eigenvalue weighted by Gasteiger charge is -2.06. The zero-order chi connectivity index (χ0) is 12.3. The Bertz CT molecular complexity index is 596. The molecule has 0 atom stereocenters. The van der Waals surface area contributed by atoms with Crippen molar-refractivity contribution in [2.24, 2.45) is 0 Å². The van der Waals surface area contributed by atoms with Crippen molar-refractivity contribution >= 4 is 23.6 Å². The van der Waals surface area contributed by atoms with Gasteiger partial charge in [0.2, 0.25) is 0 Å². The maximum Gasteiger partial charge on any atom is 0.255 e. The van der Waals surface area contributed by atoms with E-state index in [0.29, 0.717) is 11.2 Å². The highest BCUT2D eigenvalue weighted by Crippen LogP contribution is 2.15. The van der Waals surface area contributed by atoms with Crippen molar-refractivity contribution in [2.75, 3.05) is 0 Å². The smallest absolute Gasteiger partial charge is 0.255 e. The summed E-state index contributed by atoms with van der Waals surface area (Å²) >= 11 is 6.67. The molecule has 0 aliphatic heterocycles. The Labute approximate surface area is 109 Å². The molecule has 0 aliphatic rings. The average molecular weight is 266 g/mol. The molecule has 0 bridgehead atoms. The maximum absolute atomic E-state index is 11.9. The van der Waals surface area contributed by atoms with Gasteiger partial charge in [0.05, 0.1) is 0 Å². The van der Waals surface area contributed by atoms with Crippen LogP contribution in [0.3, 0.4) is 0 Å². The van der Waals surface area contributed by atoms with Crippen LogP contribution in [0.5, 0.6) is 0 Å². The summed E-state index contributed by atoms with van der Waals surface area (Å²) in [6, 6.07) is 4.04.